The maximum atomic E-state index is 13.6. The van der Waals surface area contributed by atoms with E-state index in [4.69, 9.17) is 4.74 Å². The van der Waals surface area contributed by atoms with E-state index in [0.717, 1.165) is 16.0 Å². The normalized spacial score (nSPS) is 20.0. The SMILES string of the molecule is O=C(N[C@@H](CCc1ccc(O)cc1)C(=O)N1CC[C@H]2OCC(=O)[C@H]21)c1ccc(-c2cccs2)cc1. The largest absolute Gasteiger partial charge is 0.508 e. The number of benzene rings is 2. The number of likely N-dealkylation sites (tertiary alicyclic amines) is 1. The van der Waals surface area contributed by atoms with Crippen LogP contribution < -0.4 is 5.32 Å². The fraction of sp³-hybridized carbons (Fsp3) is 0.296. The van der Waals surface area contributed by atoms with Crippen LogP contribution >= 0.6 is 11.3 Å². The lowest BCUT2D eigenvalue weighted by Gasteiger charge is -2.27. The van der Waals surface area contributed by atoms with Crippen molar-refractivity contribution in [1.29, 1.82) is 0 Å². The third-order valence-electron chi connectivity index (χ3n) is 6.61. The van der Waals surface area contributed by atoms with E-state index in [9.17, 15) is 19.5 Å². The zero-order chi connectivity index (χ0) is 24.4. The molecular weight excluding hydrogens is 464 g/mol. The van der Waals surface area contributed by atoms with Crippen molar-refractivity contribution < 1.29 is 24.2 Å². The molecule has 0 aliphatic carbocycles. The van der Waals surface area contributed by atoms with Gasteiger partial charge in [0.2, 0.25) is 5.91 Å². The van der Waals surface area contributed by atoms with E-state index in [1.807, 2.05) is 29.6 Å². The summed E-state index contributed by atoms with van der Waals surface area (Å²) in [6, 6.07) is 16.7. The second-order valence-corrected chi connectivity index (χ2v) is 9.81. The van der Waals surface area contributed by atoms with E-state index in [1.54, 1.807) is 52.6 Å². The first-order valence-electron chi connectivity index (χ1n) is 11.7. The Labute approximate surface area is 207 Å². The average Bonchev–Trinajstić information content (AvgIpc) is 3.62. The van der Waals surface area contributed by atoms with Crippen LogP contribution in [-0.4, -0.2) is 58.9 Å². The first-order chi connectivity index (χ1) is 17.0. The highest BCUT2D eigenvalue weighted by atomic mass is 32.1. The van der Waals surface area contributed by atoms with Crippen LogP contribution in [0, 0.1) is 0 Å². The van der Waals surface area contributed by atoms with Crippen LogP contribution in [-0.2, 0) is 20.7 Å². The number of Topliss-reactive ketones (excluding diaryl/α,β-unsaturated/α-hetero) is 1. The average molecular weight is 491 g/mol. The van der Waals surface area contributed by atoms with Gasteiger partial charge in [0.05, 0.1) is 6.10 Å². The molecule has 0 radical (unpaired) electrons. The van der Waals surface area contributed by atoms with Crippen molar-refractivity contribution in [3.8, 4) is 16.2 Å². The van der Waals surface area contributed by atoms with Gasteiger partial charge in [-0.25, -0.2) is 0 Å². The van der Waals surface area contributed by atoms with Crippen molar-refractivity contribution in [3.63, 3.8) is 0 Å². The summed E-state index contributed by atoms with van der Waals surface area (Å²) < 4.78 is 5.53. The van der Waals surface area contributed by atoms with E-state index in [0.29, 0.717) is 31.4 Å². The maximum absolute atomic E-state index is 13.6. The molecule has 3 atom stereocenters. The van der Waals surface area contributed by atoms with Crippen LogP contribution in [0.25, 0.3) is 10.4 Å². The van der Waals surface area contributed by atoms with Gasteiger partial charge in [-0.3, -0.25) is 14.4 Å². The summed E-state index contributed by atoms with van der Waals surface area (Å²) >= 11 is 1.63. The van der Waals surface area contributed by atoms with Crippen molar-refractivity contribution >= 4 is 28.9 Å². The minimum Gasteiger partial charge on any atom is -0.508 e. The number of phenolic OH excluding ortho intramolecular Hbond substituents is 1. The van der Waals surface area contributed by atoms with Gasteiger partial charge in [-0.05, 0) is 66.1 Å². The van der Waals surface area contributed by atoms with Crippen LogP contribution in [0.3, 0.4) is 0 Å². The summed E-state index contributed by atoms with van der Waals surface area (Å²) in [4.78, 5) is 41.7. The van der Waals surface area contributed by atoms with Crippen LogP contribution in [0.5, 0.6) is 5.75 Å². The Kier molecular flexibility index (Phi) is 6.66. The summed E-state index contributed by atoms with van der Waals surface area (Å²) in [5.74, 6) is -0.521. The van der Waals surface area contributed by atoms with E-state index < -0.39 is 12.1 Å². The number of hydrogen-bond acceptors (Lipinski definition) is 6. The number of fused-ring (bicyclic) bond motifs is 1. The highest BCUT2D eigenvalue weighted by Crippen LogP contribution is 2.28. The van der Waals surface area contributed by atoms with Crippen molar-refractivity contribution in [1.82, 2.24) is 10.2 Å². The highest BCUT2D eigenvalue weighted by Gasteiger charge is 2.47. The summed E-state index contributed by atoms with van der Waals surface area (Å²) in [5.41, 5.74) is 2.43. The van der Waals surface area contributed by atoms with Crippen LogP contribution in [0.2, 0.25) is 0 Å². The number of nitrogens with one attached hydrogen (secondary N) is 1. The van der Waals surface area contributed by atoms with Crippen molar-refractivity contribution in [2.45, 2.75) is 37.5 Å². The Morgan fingerprint density at radius 3 is 2.60 bits per heavy atom. The molecular formula is C27H26N2O5S. The Morgan fingerprint density at radius 2 is 1.89 bits per heavy atom. The van der Waals surface area contributed by atoms with Crippen LogP contribution in [0.4, 0.5) is 0 Å². The molecule has 5 rings (SSSR count). The standard InChI is InChI=1S/C27H26N2O5S/c30-20-10-3-17(4-11-20)5-12-21(27(33)29-14-13-23-25(29)22(31)16-34-23)28-26(32)19-8-6-18(7-9-19)24-2-1-15-35-24/h1-4,6-11,15,21,23,25,30H,5,12-14,16H2,(H,28,32)/t21-,23+,25+/m0/s1. The van der Waals surface area contributed by atoms with Gasteiger partial charge in [-0.1, -0.05) is 30.3 Å². The molecule has 2 N–H and O–H groups in total. The predicted octanol–water partition coefficient (Wildman–Crippen LogP) is 3.42. The predicted molar refractivity (Wildman–Crippen MR) is 132 cm³/mol. The fourth-order valence-corrected chi connectivity index (χ4v) is 5.48. The van der Waals surface area contributed by atoms with Gasteiger partial charge in [0, 0.05) is 17.0 Å². The molecule has 35 heavy (non-hydrogen) atoms. The molecule has 180 valence electrons. The molecule has 0 unspecified atom stereocenters. The van der Waals surface area contributed by atoms with E-state index in [2.05, 4.69) is 5.32 Å². The fourth-order valence-electron chi connectivity index (χ4n) is 4.74. The molecule has 1 aromatic heterocycles. The zero-order valence-electron chi connectivity index (χ0n) is 19.1. The third kappa shape index (κ3) is 4.99. The van der Waals surface area contributed by atoms with Gasteiger partial charge in [-0.15, -0.1) is 11.3 Å². The number of thiophene rings is 1. The smallest absolute Gasteiger partial charge is 0.251 e. The summed E-state index contributed by atoms with van der Waals surface area (Å²) in [6.07, 6.45) is 1.25. The molecule has 2 aliphatic rings. The number of rotatable bonds is 7. The number of ether oxygens (including phenoxy) is 1. The Morgan fingerprint density at radius 1 is 1.11 bits per heavy atom. The van der Waals surface area contributed by atoms with E-state index in [-0.39, 0.29) is 36.1 Å². The second kappa shape index (κ2) is 10.0. The lowest BCUT2D eigenvalue weighted by atomic mass is 10.0. The molecule has 3 aromatic rings. The minimum atomic E-state index is -0.791. The molecule has 2 amide bonds. The van der Waals surface area contributed by atoms with Gasteiger partial charge in [-0.2, -0.15) is 0 Å². The lowest BCUT2D eigenvalue weighted by Crippen LogP contribution is -2.52. The monoisotopic (exact) mass is 490 g/mol. The number of aromatic hydroxyl groups is 1. The maximum Gasteiger partial charge on any atom is 0.251 e. The Hall–Kier alpha value is -3.49. The summed E-state index contributed by atoms with van der Waals surface area (Å²) in [7, 11) is 0. The number of aryl methyl sites for hydroxylation is 1. The van der Waals surface area contributed by atoms with Gasteiger partial charge in [0.25, 0.3) is 5.91 Å². The van der Waals surface area contributed by atoms with Crippen LogP contribution in [0.15, 0.2) is 66.0 Å². The van der Waals surface area contributed by atoms with Gasteiger partial charge >= 0.3 is 0 Å². The molecule has 2 saturated heterocycles. The van der Waals surface area contributed by atoms with Crippen LogP contribution in [0.1, 0.15) is 28.8 Å². The van der Waals surface area contributed by atoms with Gasteiger partial charge in [0.1, 0.15) is 24.4 Å². The molecule has 0 bridgehead atoms. The quantitative estimate of drug-likeness (QED) is 0.529. The second-order valence-electron chi connectivity index (χ2n) is 8.87. The number of phenols is 1. The molecule has 7 nitrogen and oxygen atoms in total. The summed E-state index contributed by atoms with van der Waals surface area (Å²) in [6.45, 7) is 0.460. The van der Waals surface area contributed by atoms with Gasteiger partial charge < -0.3 is 20.1 Å². The number of carbonyl (C=O) groups excluding carboxylic acids is 3. The molecule has 3 heterocycles. The zero-order valence-corrected chi connectivity index (χ0v) is 19.9. The molecule has 2 fully saturated rings. The lowest BCUT2D eigenvalue weighted by molar-refractivity contribution is -0.138. The topological polar surface area (TPSA) is 95.9 Å². The first kappa shape index (κ1) is 23.3. The van der Waals surface area contributed by atoms with Gasteiger partial charge in [0.15, 0.2) is 5.78 Å². The number of ketones is 1. The van der Waals surface area contributed by atoms with Crippen molar-refractivity contribution in [3.05, 3.63) is 77.2 Å². The van der Waals surface area contributed by atoms with Crippen molar-refractivity contribution in [2.24, 2.45) is 0 Å². The molecule has 2 aliphatic heterocycles. The minimum absolute atomic E-state index is 0.0280. The number of nitrogens with zero attached hydrogens (tertiary/aromatic N) is 1. The van der Waals surface area contributed by atoms with E-state index >= 15 is 0 Å². The molecule has 0 saturated carbocycles. The Bertz CT molecular complexity index is 1210. The summed E-state index contributed by atoms with van der Waals surface area (Å²) in [5, 5.41) is 14.5. The molecule has 0 spiro atoms. The number of amides is 2. The number of carbonyl (C=O) groups is 3. The highest BCUT2D eigenvalue weighted by molar-refractivity contribution is 7.13. The Balaban J connectivity index is 1.33. The van der Waals surface area contributed by atoms with E-state index in [1.165, 1.54) is 0 Å². The molecule has 2 aromatic carbocycles. The first-order valence-corrected chi connectivity index (χ1v) is 12.5. The van der Waals surface area contributed by atoms with Crippen molar-refractivity contribution in [2.75, 3.05) is 13.2 Å². The molecule has 8 heteroatoms. The third-order valence-corrected chi connectivity index (χ3v) is 7.53. The number of hydrogen-bond donors (Lipinski definition) is 2.